The van der Waals surface area contributed by atoms with Crippen LogP contribution in [0.5, 0.6) is 11.5 Å². The highest BCUT2D eigenvalue weighted by Crippen LogP contribution is 2.45. The maximum absolute atomic E-state index is 12.6. The number of nitrogens with zero attached hydrogens (tertiary/aromatic N) is 1. The van der Waals surface area contributed by atoms with Gasteiger partial charge in [-0.05, 0) is 82.9 Å². The van der Waals surface area contributed by atoms with E-state index in [1.165, 1.54) is 6.42 Å². The molecule has 0 bridgehead atoms. The van der Waals surface area contributed by atoms with Crippen molar-refractivity contribution in [2.75, 3.05) is 33.8 Å². The zero-order chi connectivity index (χ0) is 26.4. The van der Waals surface area contributed by atoms with Crippen molar-refractivity contribution in [3.8, 4) is 11.5 Å². The summed E-state index contributed by atoms with van der Waals surface area (Å²) < 4.78 is 18.5. The second kappa shape index (κ2) is 12.2. The van der Waals surface area contributed by atoms with Crippen LogP contribution < -0.4 is 9.47 Å². The molecule has 2 rings (SSSR count). The Labute approximate surface area is 212 Å². The molecule has 1 heterocycles. The summed E-state index contributed by atoms with van der Waals surface area (Å²) in [5.41, 5.74) is 3.88. The first-order chi connectivity index (χ1) is 16.3. The molecule has 0 saturated carbocycles. The van der Waals surface area contributed by atoms with Crippen LogP contribution in [0.15, 0.2) is 0 Å². The van der Waals surface area contributed by atoms with Gasteiger partial charge in [-0.1, -0.05) is 20.3 Å². The van der Waals surface area contributed by atoms with Crippen molar-refractivity contribution in [3.63, 3.8) is 0 Å². The number of carbonyl (C=O) groups is 2. The monoisotopic (exact) mass is 490 g/mol. The fraction of sp³-hybridized carbons (Fsp3) is 0.724. The van der Waals surface area contributed by atoms with Crippen LogP contribution in [-0.4, -0.2) is 55.8 Å². The molecule has 6 nitrogen and oxygen atoms in total. The summed E-state index contributed by atoms with van der Waals surface area (Å²) in [6.07, 6.45) is 5.31. The first-order valence-electron chi connectivity index (χ1n) is 13.3. The quantitative estimate of drug-likeness (QED) is 0.209. The van der Waals surface area contributed by atoms with Gasteiger partial charge < -0.3 is 18.7 Å². The molecule has 0 N–H and O–H groups in total. The summed E-state index contributed by atoms with van der Waals surface area (Å²) in [6, 6.07) is 0. The molecule has 0 aliphatic carbocycles. The van der Waals surface area contributed by atoms with Gasteiger partial charge in [0, 0.05) is 5.56 Å². The van der Waals surface area contributed by atoms with Gasteiger partial charge in [-0.2, -0.15) is 0 Å². The Bertz CT molecular complexity index is 905. The number of hydrogen-bond acceptors (Lipinski definition) is 5. The van der Waals surface area contributed by atoms with E-state index in [1.54, 1.807) is 0 Å². The number of quaternary nitrogens is 1. The van der Waals surface area contributed by atoms with E-state index in [2.05, 4.69) is 41.8 Å². The Kier molecular flexibility index (Phi) is 10.2. The van der Waals surface area contributed by atoms with Gasteiger partial charge in [0.05, 0.1) is 33.5 Å². The number of fused-ring (bicyclic) bond motifs is 1. The molecule has 198 valence electrons. The van der Waals surface area contributed by atoms with Crippen LogP contribution in [0.2, 0.25) is 0 Å². The van der Waals surface area contributed by atoms with Crippen molar-refractivity contribution in [2.24, 2.45) is 5.92 Å². The third-order valence-electron chi connectivity index (χ3n) is 7.62. The normalized spacial score (nSPS) is 17.7. The molecule has 35 heavy (non-hydrogen) atoms. The van der Waals surface area contributed by atoms with Gasteiger partial charge in [-0.3, -0.25) is 9.59 Å². The maximum Gasteiger partial charge on any atom is 0.311 e. The van der Waals surface area contributed by atoms with E-state index in [9.17, 15) is 9.59 Å². The summed E-state index contributed by atoms with van der Waals surface area (Å²) >= 11 is 0. The number of ether oxygens (including phenoxy) is 3. The van der Waals surface area contributed by atoms with E-state index in [0.29, 0.717) is 18.3 Å². The number of carbonyl (C=O) groups excluding carboxylic acids is 2. The van der Waals surface area contributed by atoms with Gasteiger partial charge in [-0.25, -0.2) is 0 Å². The average Bonchev–Trinajstić information content (AvgIpc) is 2.78. The van der Waals surface area contributed by atoms with E-state index < -0.39 is 5.97 Å². The van der Waals surface area contributed by atoms with Crippen LogP contribution in [0.1, 0.15) is 88.5 Å². The van der Waals surface area contributed by atoms with Gasteiger partial charge in [-0.15, -0.1) is 0 Å². The Morgan fingerprint density at radius 1 is 1.06 bits per heavy atom. The Morgan fingerprint density at radius 3 is 2.34 bits per heavy atom. The van der Waals surface area contributed by atoms with E-state index in [0.717, 1.165) is 71.3 Å². The predicted molar refractivity (Wildman–Crippen MR) is 140 cm³/mol. The van der Waals surface area contributed by atoms with Crippen LogP contribution in [0.25, 0.3) is 0 Å². The molecule has 0 amide bonds. The molecule has 1 unspecified atom stereocenters. The highest BCUT2D eigenvalue weighted by Gasteiger charge is 2.34. The summed E-state index contributed by atoms with van der Waals surface area (Å²) in [6.45, 7) is 16.9. The van der Waals surface area contributed by atoms with Gasteiger partial charge in [0.2, 0.25) is 0 Å². The summed E-state index contributed by atoms with van der Waals surface area (Å²) in [7, 11) is 4.18. The van der Waals surface area contributed by atoms with Crippen LogP contribution in [-0.2, 0) is 20.7 Å². The van der Waals surface area contributed by atoms with E-state index in [-0.39, 0.29) is 24.4 Å². The molecule has 1 aliphatic rings. The summed E-state index contributed by atoms with van der Waals surface area (Å²) in [5.74, 6) is 1.49. The average molecular weight is 491 g/mol. The van der Waals surface area contributed by atoms with Crippen LogP contribution in [0.4, 0.5) is 0 Å². The molecule has 1 aromatic rings. The van der Waals surface area contributed by atoms with Crippen molar-refractivity contribution in [1.29, 1.82) is 0 Å². The standard InChI is InChI=1S/C29H48NO5/c1-10-30(8,9)18-19-33-25(31)13-14-26(32)34-27-21(4)22(5)28-24(23(27)6)15-17-29(7,35-28)16-11-12-20(2)3/h20H,10-19H2,1-9H3/q+1. The minimum atomic E-state index is -0.410. The predicted octanol–water partition coefficient (Wildman–Crippen LogP) is 5.85. The fourth-order valence-corrected chi connectivity index (χ4v) is 4.50. The molecular formula is C29H48NO5+. The molecule has 0 aromatic heterocycles. The van der Waals surface area contributed by atoms with Gasteiger partial charge in [0.25, 0.3) is 0 Å². The molecule has 1 atom stereocenters. The highest BCUT2D eigenvalue weighted by molar-refractivity contribution is 5.80. The third kappa shape index (κ3) is 8.23. The second-order valence-corrected chi connectivity index (χ2v) is 11.5. The van der Waals surface area contributed by atoms with Crippen LogP contribution in [0.3, 0.4) is 0 Å². The minimum Gasteiger partial charge on any atom is -0.487 e. The maximum atomic E-state index is 12.6. The van der Waals surface area contributed by atoms with Crippen molar-refractivity contribution in [2.45, 2.75) is 99.0 Å². The zero-order valence-corrected chi connectivity index (χ0v) is 23.6. The number of esters is 2. The lowest BCUT2D eigenvalue weighted by molar-refractivity contribution is -0.888. The minimum absolute atomic E-state index is 0.00426. The van der Waals surface area contributed by atoms with Gasteiger partial charge in [0.1, 0.15) is 30.3 Å². The molecule has 0 fully saturated rings. The fourth-order valence-electron chi connectivity index (χ4n) is 4.50. The molecule has 1 aliphatic heterocycles. The Morgan fingerprint density at radius 2 is 1.71 bits per heavy atom. The van der Waals surface area contributed by atoms with Gasteiger partial charge >= 0.3 is 11.9 Å². The SMILES string of the molecule is CC[N+](C)(C)CCOC(=O)CCC(=O)Oc1c(C)c(C)c2c(c1C)CCC(C)(CCCC(C)C)O2. The number of likely N-dealkylation sites (N-methyl/N-ethyl adjacent to an activating group) is 1. The van der Waals surface area contributed by atoms with Crippen LogP contribution in [0, 0.1) is 26.7 Å². The lowest BCUT2D eigenvalue weighted by Gasteiger charge is -2.38. The summed E-state index contributed by atoms with van der Waals surface area (Å²) in [5, 5.41) is 0. The summed E-state index contributed by atoms with van der Waals surface area (Å²) in [4.78, 5) is 24.7. The molecule has 1 aromatic carbocycles. The van der Waals surface area contributed by atoms with Crippen molar-refractivity contribution < 1.29 is 28.3 Å². The van der Waals surface area contributed by atoms with Crippen molar-refractivity contribution in [1.82, 2.24) is 0 Å². The Hall–Kier alpha value is -2.08. The zero-order valence-electron chi connectivity index (χ0n) is 23.6. The third-order valence-corrected chi connectivity index (χ3v) is 7.62. The molecule has 0 spiro atoms. The number of hydrogen-bond donors (Lipinski definition) is 0. The first kappa shape index (κ1) is 29.2. The lowest BCUT2D eigenvalue weighted by atomic mass is 9.84. The van der Waals surface area contributed by atoms with Gasteiger partial charge in [0.15, 0.2) is 0 Å². The smallest absolute Gasteiger partial charge is 0.311 e. The molecule has 6 heteroatoms. The van der Waals surface area contributed by atoms with E-state index >= 15 is 0 Å². The van der Waals surface area contributed by atoms with Crippen molar-refractivity contribution >= 4 is 11.9 Å². The number of benzene rings is 1. The van der Waals surface area contributed by atoms with E-state index in [4.69, 9.17) is 14.2 Å². The highest BCUT2D eigenvalue weighted by atomic mass is 16.5. The molecular weight excluding hydrogens is 442 g/mol. The lowest BCUT2D eigenvalue weighted by Crippen LogP contribution is -2.42. The van der Waals surface area contributed by atoms with E-state index in [1.807, 2.05) is 20.8 Å². The largest absolute Gasteiger partial charge is 0.487 e. The topological polar surface area (TPSA) is 61.8 Å². The number of rotatable bonds is 12. The first-order valence-corrected chi connectivity index (χ1v) is 13.3. The molecule has 0 radical (unpaired) electrons. The van der Waals surface area contributed by atoms with Crippen molar-refractivity contribution in [3.05, 3.63) is 22.3 Å². The second-order valence-electron chi connectivity index (χ2n) is 11.5. The molecule has 0 saturated heterocycles. The van der Waals surface area contributed by atoms with Crippen LogP contribution >= 0.6 is 0 Å². The Balaban J connectivity index is 2.00.